The Hall–Kier alpha value is -2.63. The highest BCUT2D eigenvalue weighted by Gasteiger charge is 2.15. The Kier molecular flexibility index (Phi) is 6.04. The molecule has 6 heteroatoms. The number of hydrogen-bond acceptors (Lipinski definition) is 5. The van der Waals surface area contributed by atoms with Crippen LogP contribution >= 0.6 is 0 Å². The van der Waals surface area contributed by atoms with Crippen molar-refractivity contribution < 1.29 is 4.79 Å². The van der Waals surface area contributed by atoms with Gasteiger partial charge in [-0.3, -0.25) is 4.79 Å². The summed E-state index contributed by atoms with van der Waals surface area (Å²) >= 11 is 0. The van der Waals surface area contributed by atoms with Crippen molar-refractivity contribution in [2.75, 3.05) is 36.4 Å². The van der Waals surface area contributed by atoms with E-state index in [2.05, 4.69) is 32.3 Å². The second kappa shape index (κ2) is 8.65. The second-order valence-electron chi connectivity index (χ2n) is 6.46. The average molecular weight is 353 g/mol. The van der Waals surface area contributed by atoms with Gasteiger partial charge < -0.3 is 15.1 Å². The van der Waals surface area contributed by atoms with Crippen LogP contribution in [0.25, 0.3) is 0 Å². The molecule has 0 spiro atoms. The number of rotatable bonds is 6. The van der Waals surface area contributed by atoms with Gasteiger partial charge in [0.05, 0.1) is 0 Å². The lowest BCUT2D eigenvalue weighted by atomic mass is 10.1. The van der Waals surface area contributed by atoms with E-state index in [4.69, 9.17) is 0 Å². The summed E-state index contributed by atoms with van der Waals surface area (Å²) in [6.45, 7) is 7.52. The van der Waals surface area contributed by atoms with Crippen LogP contribution in [-0.4, -0.2) is 47.0 Å². The van der Waals surface area contributed by atoms with Crippen molar-refractivity contribution in [3.8, 4) is 0 Å². The Morgan fingerprint density at radius 2 is 1.77 bits per heavy atom. The molecule has 0 atom stereocenters. The lowest BCUT2D eigenvalue weighted by Crippen LogP contribution is -2.31. The summed E-state index contributed by atoms with van der Waals surface area (Å²) < 4.78 is 0. The molecule has 0 bridgehead atoms. The number of nitrogens with one attached hydrogen (secondary N) is 1. The van der Waals surface area contributed by atoms with Crippen molar-refractivity contribution in [2.24, 2.45) is 0 Å². The minimum Gasteiger partial charge on any atom is -0.372 e. The molecule has 0 radical (unpaired) electrons. The first-order chi connectivity index (χ1) is 12.7. The summed E-state index contributed by atoms with van der Waals surface area (Å²) in [4.78, 5) is 25.2. The van der Waals surface area contributed by atoms with E-state index >= 15 is 0 Å². The third kappa shape index (κ3) is 4.31. The van der Waals surface area contributed by atoms with Crippen LogP contribution in [0.2, 0.25) is 0 Å². The van der Waals surface area contributed by atoms with Gasteiger partial charge in [0.25, 0.3) is 5.91 Å². The summed E-state index contributed by atoms with van der Waals surface area (Å²) in [7, 11) is 0. The maximum atomic E-state index is 12.4. The molecule has 1 amide bonds. The molecule has 1 fully saturated rings. The van der Waals surface area contributed by atoms with E-state index < -0.39 is 0 Å². The van der Waals surface area contributed by atoms with Crippen molar-refractivity contribution >= 4 is 23.2 Å². The fourth-order valence-corrected chi connectivity index (χ4v) is 3.25. The van der Waals surface area contributed by atoms with Gasteiger partial charge in [-0.1, -0.05) is 0 Å². The Bertz CT molecular complexity index is 721. The number of amides is 1. The zero-order valence-corrected chi connectivity index (χ0v) is 15.6. The van der Waals surface area contributed by atoms with Crippen molar-refractivity contribution in [1.29, 1.82) is 0 Å². The lowest BCUT2D eigenvalue weighted by molar-refractivity contribution is 0.0767. The van der Waals surface area contributed by atoms with Gasteiger partial charge >= 0.3 is 0 Å². The molecule has 1 aliphatic rings. The predicted octanol–water partition coefficient (Wildman–Crippen LogP) is 3.69. The van der Waals surface area contributed by atoms with Crippen molar-refractivity contribution in [1.82, 2.24) is 14.9 Å². The largest absolute Gasteiger partial charge is 0.372 e. The first-order valence-corrected chi connectivity index (χ1v) is 9.45. The van der Waals surface area contributed by atoms with Crippen LogP contribution in [0.5, 0.6) is 0 Å². The number of aromatic nitrogens is 2. The van der Waals surface area contributed by atoms with Gasteiger partial charge in [0.2, 0.25) is 5.95 Å². The van der Waals surface area contributed by atoms with E-state index in [9.17, 15) is 4.79 Å². The van der Waals surface area contributed by atoms with Gasteiger partial charge in [0, 0.05) is 43.8 Å². The Labute approximate surface area is 155 Å². The molecule has 1 saturated heterocycles. The van der Waals surface area contributed by atoms with Gasteiger partial charge in [-0.2, -0.15) is 0 Å². The van der Waals surface area contributed by atoms with Gasteiger partial charge in [-0.05, 0) is 63.4 Å². The van der Waals surface area contributed by atoms with Crippen LogP contribution in [0.4, 0.5) is 17.3 Å². The SMILES string of the molecule is CCN(CC)C(=O)c1ccnc(Nc2ccc(N3CCCCC3)cc2)n1. The standard InChI is InChI=1S/C20H27N5O/c1-3-24(4-2)19(26)18-12-13-21-20(23-18)22-16-8-10-17(11-9-16)25-14-6-5-7-15-25/h8-13H,3-7,14-15H2,1-2H3,(H,21,22,23). The second-order valence-corrected chi connectivity index (χ2v) is 6.46. The number of hydrogen-bond donors (Lipinski definition) is 1. The molecular weight excluding hydrogens is 326 g/mol. The summed E-state index contributed by atoms with van der Waals surface area (Å²) in [6.07, 6.45) is 5.48. The van der Waals surface area contributed by atoms with Crippen LogP contribution in [0.1, 0.15) is 43.6 Å². The van der Waals surface area contributed by atoms with E-state index in [1.165, 1.54) is 24.9 Å². The topological polar surface area (TPSA) is 61.4 Å². The quantitative estimate of drug-likeness (QED) is 0.858. The Morgan fingerprint density at radius 1 is 1.08 bits per heavy atom. The third-order valence-electron chi connectivity index (χ3n) is 4.77. The normalized spacial score (nSPS) is 14.2. The molecule has 6 nitrogen and oxygen atoms in total. The monoisotopic (exact) mass is 353 g/mol. The number of benzene rings is 1. The predicted molar refractivity (Wildman–Crippen MR) is 105 cm³/mol. The molecule has 1 aromatic heterocycles. The maximum Gasteiger partial charge on any atom is 0.272 e. The number of carbonyl (C=O) groups excluding carboxylic acids is 1. The van der Waals surface area contributed by atoms with Crippen molar-refractivity contribution in [3.05, 3.63) is 42.2 Å². The first kappa shape index (κ1) is 18.2. The molecule has 1 aromatic carbocycles. The zero-order chi connectivity index (χ0) is 18.4. The molecule has 1 aliphatic heterocycles. The highest BCUT2D eigenvalue weighted by atomic mass is 16.2. The van der Waals surface area contributed by atoms with Gasteiger partial charge in [0.15, 0.2) is 0 Å². The third-order valence-corrected chi connectivity index (χ3v) is 4.77. The molecule has 1 N–H and O–H groups in total. The van der Waals surface area contributed by atoms with Crippen molar-refractivity contribution in [3.63, 3.8) is 0 Å². The smallest absolute Gasteiger partial charge is 0.272 e. The summed E-state index contributed by atoms with van der Waals surface area (Å²) in [5, 5.41) is 3.19. The van der Waals surface area contributed by atoms with Crippen LogP contribution in [0.3, 0.4) is 0 Å². The van der Waals surface area contributed by atoms with E-state index in [0.29, 0.717) is 24.7 Å². The molecule has 138 valence electrons. The molecule has 0 unspecified atom stereocenters. The number of carbonyl (C=O) groups is 1. The van der Waals surface area contributed by atoms with E-state index in [1.807, 2.05) is 26.0 Å². The minimum atomic E-state index is -0.0686. The van der Waals surface area contributed by atoms with Gasteiger partial charge in [-0.15, -0.1) is 0 Å². The lowest BCUT2D eigenvalue weighted by Gasteiger charge is -2.28. The zero-order valence-electron chi connectivity index (χ0n) is 15.6. The van der Waals surface area contributed by atoms with Crippen molar-refractivity contribution in [2.45, 2.75) is 33.1 Å². The summed E-state index contributed by atoms with van der Waals surface area (Å²) in [6, 6.07) is 9.97. The average Bonchev–Trinajstić information content (AvgIpc) is 2.70. The fraction of sp³-hybridized carbons (Fsp3) is 0.450. The minimum absolute atomic E-state index is 0.0686. The summed E-state index contributed by atoms with van der Waals surface area (Å²) in [5.74, 6) is 0.370. The highest BCUT2D eigenvalue weighted by Crippen LogP contribution is 2.23. The molecule has 3 rings (SSSR count). The molecule has 26 heavy (non-hydrogen) atoms. The maximum absolute atomic E-state index is 12.4. The molecule has 0 aliphatic carbocycles. The molecule has 0 saturated carbocycles. The van der Waals surface area contributed by atoms with Crippen LogP contribution in [0, 0.1) is 0 Å². The summed E-state index contributed by atoms with van der Waals surface area (Å²) in [5.41, 5.74) is 2.58. The van der Waals surface area contributed by atoms with Crippen LogP contribution in [-0.2, 0) is 0 Å². The number of anilines is 3. The van der Waals surface area contributed by atoms with Gasteiger partial charge in [0.1, 0.15) is 5.69 Å². The first-order valence-electron chi connectivity index (χ1n) is 9.45. The molecule has 2 heterocycles. The molecular formula is C20H27N5O. The van der Waals surface area contributed by atoms with Gasteiger partial charge in [-0.25, -0.2) is 9.97 Å². The Morgan fingerprint density at radius 3 is 2.42 bits per heavy atom. The highest BCUT2D eigenvalue weighted by molar-refractivity contribution is 5.92. The van der Waals surface area contributed by atoms with E-state index in [-0.39, 0.29) is 5.91 Å². The van der Waals surface area contributed by atoms with E-state index in [1.54, 1.807) is 17.2 Å². The Balaban J connectivity index is 1.69. The fourth-order valence-electron chi connectivity index (χ4n) is 3.25. The van der Waals surface area contributed by atoms with Crippen LogP contribution < -0.4 is 10.2 Å². The van der Waals surface area contributed by atoms with E-state index in [0.717, 1.165) is 18.8 Å². The number of piperidine rings is 1. The van der Waals surface area contributed by atoms with Crippen LogP contribution in [0.15, 0.2) is 36.5 Å². The molecule has 2 aromatic rings. The number of nitrogens with zero attached hydrogens (tertiary/aromatic N) is 4.